The topological polar surface area (TPSA) is 59.2 Å². The van der Waals surface area contributed by atoms with E-state index in [9.17, 15) is 4.79 Å². The number of nitrogens with zero attached hydrogens (tertiary/aromatic N) is 2. The summed E-state index contributed by atoms with van der Waals surface area (Å²) in [7, 11) is 0. The highest BCUT2D eigenvalue weighted by molar-refractivity contribution is 7.13. The standard InChI is InChI=1S/C15H16ClN3OS.2ClH/c16-12-3-1-2-11(6-12)14-18-13(9-21-14)15(20)19-5-4-10(7-17)8-19;;/h1-3,6,9-10H,4-5,7-8,17H2;2*1H. The smallest absolute Gasteiger partial charge is 0.273 e. The Morgan fingerprint density at radius 3 is 2.87 bits per heavy atom. The van der Waals surface area contributed by atoms with E-state index >= 15 is 0 Å². The summed E-state index contributed by atoms with van der Waals surface area (Å²) in [5.41, 5.74) is 7.11. The van der Waals surface area contributed by atoms with Crippen LogP contribution >= 0.6 is 47.8 Å². The van der Waals surface area contributed by atoms with Crippen LogP contribution in [-0.4, -0.2) is 35.4 Å². The summed E-state index contributed by atoms with van der Waals surface area (Å²) in [5.74, 6) is 0.412. The van der Waals surface area contributed by atoms with Crippen molar-refractivity contribution in [2.75, 3.05) is 19.6 Å². The molecule has 1 aliphatic heterocycles. The predicted octanol–water partition coefficient (Wildman–Crippen LogP) is 3.73. The first-order valence-electron chi connectivity index (χ1n) is 6.88. The van der Waals surface area contributed by atoms with Crippen LogP contribution in [0, 0.1) is 5.92 Å². The first kappa shape index (κ1) is 20.2. The highest BCUT2D eigenvalue weighted by Crippen LogP contribution is 2.27. The normalized spacial score (nSPS) is 16.6. The van der Waals surface area contributed by atoms with Crippen LogP contribution in [0.25, 0.3) is 10.6 Å². The number of benzene rings is 1. The molecule has 2 aromatic rings. The lowest BCUT2D eigenvalue weighted by molar-refractivity contribution is 0.0783. The summed E-state index contributed by atoms with van der Waals surface area (Å²) in [6.45, 7) is 2.14. The van der Waals surface area contributed by atoms with E-state index in [0.717, 1.165) is 30.1 Å². The van der Waals surface area contributed by atoms with Crippen LogP contribution in [-0.2, 0) is 0 Å². The van der Waals surface area contributed by atoms with E-state index in [-0.39, 0.29) is 30.7 Å². The number of aromatic nitrogens is 1. The van der Waals surface area contributed by atoms with Crippen molar-refractivity contribution in [3.8, 4) is 10.6 Å². The number of hydrogen-bond donors (Lipinski definition) is 1. The molecule has 8 heteroatoms. The van der Waals surface area contributed by atoms with Crippen molar-refractivity contribution in [1.82, 2.24) is 9.88 Å². The van der Waals surface area contributed by atoms with Gasteiger partial charge in [-0.2, -0.15) is 0 Å². The molecule has 0 spiro atoms. The van der Waals surface area contributed by atoms with Gasteiger partial charge in [-0.1, -0.05) is 23.7 Å². The van der Waals surface area contributed by atoms with Crippen molar-refractivity contribution in [2.45, 2.75) is 6.42 Å². The van der Waals surface area contributed by atoms with Gasteiger partial charge >= 0.3 is 0 Å². The van der Waals surface area contributed by atoms with Gasteiger partial charge in [-0.15, -0.1) is 36.2 Å². The molecule has 126 valence electrons. The zero-order valence-electron chi connectivity index (χ0n) is 12.3. The number of carbonyl (C=O) groups excluding carboxylic acids is 1. The lowest BCUT2D eigenvalue weighted by Crippen LogP contribution is -2.30. The van der Waals surface area contributed by atoms with Crippen LogP contribution in [0.4, 0.5) is 0 Å². The Morgan fingerprint density at radius 1 is 1.43 bits per heavy atom. The summed E-state index contributed by atoms with van der Waals surface area (Å²) in [4.78, 5) is 18.7. The Labute approximate surface area is 156 Å². The molecule has 0 saturated carbocycles. The molecular weight excluding hydrogens is 377 g/mol. The van der Waals surface area contributed by atoms with Gasteiger partial charge in [0.05, 0.1) is 0 Å². The molecule has 4 nitrogen and oxygen atoms in total. The maximum atomic E-state index is 12.4. The average molecular weight is 395 g/mol. The summed E-state index contributed by atoms with van der Waals surface area (Å²) in [6, 6.07) is 7.50. The SMILES string of the molecule is Cl.Cl.NCC1CCN(C(=O)c2csc(-c3cccc(Cl)c3)n2)C1. The van der Waals surface area contributed by atoms with E-state index in [4.69, 9.17) is 17.3 Å². The van der Waals surface area contributed by atoms with Gasteiger partial charge in [0.25, 0.3) is 5.91 Å². The molecule has 0 radical (unpaired) electrons. The average Bonchev–Trinajstić information content (AvgIpc) is 3.16. The molecule has 23 heavy (non-hydrogen) atoms. The third-order valence-electron chi connectivity index (χ3n) is 3.70. The minimum absolute atomic E-state index is 0. The van der Waals surface area contributed by atoms with Crippen LogP contribution in [0.3, 0.4) is 0 Å². The van der Waals surface area contributed by atoms with Crippen LogP contribution in [0.15, 0.2) is 29.6 Å². The van der Waals surface area contributed by atoms with Gasteiger partial charge in [-0.05, 0) is 31.0 Å². The molecule has 2 N–H and O–H groups in total. The second-order valence-electron chi connectivity index (χ2n) is 5.19. The lowest BCUT2D eigenvalue weighted by atomic mass is 10.1. The van der Waals surface area contributed by atoms with Crippen molar-refractivity contribution in [1.29, 1.82) is 0 Å². The molecule has 1 unspecified atom stereocenters. The predicted molar refractivity (Wildman–Crippen MR) is 100 cm³/mol. The molecule has 1 aliphatic rings. The molecule has 0 bridgehead atoms. The van der Waals surface area contributed by atoms with Gasteiger partial charge in [0.15, 0.2) is 0 Å². The van der Waals surface area contributed by atoms with Crippen LogP contribution in [0.1, 0.15) is 16.9 Å². The highest BCUT2D eigenvalue weighted by atomic mass is 35.5. The van der Waals surface area contributed by atoms with Gasteiger partial charge in [0, 0.05) is 29.1 Å². The zero-order valence-corrected chi connectivity index (χ0v) is 15.5. The molecule has 2 heterocycles. The fraction of sp³-hybridized carbons (Fsp3) is 0.333. The van der Waals surface area contributed by atoms with Gasteiger partial charge in [-0.3, -0.25) is 4.79 Å². The number of nitrogens with two attached hydrogens (primary N) is 1. The van der Waals surface area contributed by atoms with Crippen LogP contribution < -0.4 is 5.73 Å². The molecule has 1 atom stereocenters. The van der Waals surface area contributed by atoms with E-state index in [2.05, 4.69) is 4.98 Å². The van der Waals surface area contributed by atoms with Gasteiger partial charge in [0.2, 0.25) is 0 Å². The molecule has 1 saturated heterocycles. The summed E-state index contributed by atoms with van der Waals surface area (Å²) < 4.78 is 0. The second-order valence-corrected chi connectivity index (χ2v) is 6.48. The monoisotopic (exact) mass is 393 g/mol. The molecule has 3 rings (SSSR count). The number of rotatable bonds is 3. The summed E-state index contributed by atoms with van der Waals surface area (Å²) in [5, 5.41) is 3.30. The quantitative estimate of drug-likeness (QED) is 0.863. The highest BCUT2D eigenvalue weighted by Gasteiger charge is 2.27. The number of thiazole rings is 1. The molecular formula is C15H18Cl3N3OS. The Morgan fingerprint density at radius 2 is 2.22 bits per heavy atom. The fourth-order valence-electron chi connectivity index (χ4n) is 2.50. The number of hydrogen-bond acceptors (Lipinski definition) is 4. The number of carbonyl (C=O) groups is 1. The molecule has 0 aliphatic carbocycles. The maximum Gasteiger partial charge on any atom is 0.273 e. The lowest BCUT2D eigenvalue weighted by Gasteiger charge is -2.14. The minimum Gasteiger partial charge on any atom is -0.337 e. The molecule has 1 aromatic carbocycles. The third kappa shape index (κ3) is 4.58. The largest absolute Gasteiger partial charge is 0.337 e. The first-order chi connectivity index (χ1) is 10.2. The van der Waals surface area contributed by atoms with Crippen LogP contribution in [0.5, 0.6) is 0 Å². The van der Waals surface area contributed by atoms with Crippen molar-refractivity contribution in [2.24, 2.45) is 11.7 Å². The van der Waals surface area contributed by atoms with E-state index in [1.165, 1.54) is 11.3 Å². The van der Waals surface area contributed by atoms with Crippen molar-refractivity contribution >= 4 is 53.7 Å². The number of amides is 1. The van der Waals surface area contributed by atoms with E-state index in [0.29, 0.717) is 23.2 Å². The summed E-state index contributed by atoms with van der Waals surface area (Å²) >= 11 is 7.45. The van der Waals surface area contributed by atoms with Gasteiger partial charge in [0.1, 0.15) is 10.7 Å². The number of halogens is 3. The number of likely N-dealkylation sites (tertiary alicyclic amines) is 1. The second kappa shape index (κ2) is 8.85. The van der Waals surface area contributed by atoms with E-state index in [1.807, 2.05) is 34.5 Å². The Bertz CT molecular complexity index is 665. The molecule has 1 amide bonds. The Balaban J connectivity index is 0.00000132. The maximum absolute atomic E-state index is 12.4. The fourth-order valence-corrected chi connectivity index (χ4v) is 3.48. The van der Waals surface area contributed by atoms with Gasteiger partial charge < -0.3 is 10.6 Å². The molecule has 1 fully saturated rings. The van der Waals surface area contributed by atoms with Crippen molar-refractivity contribution in [3.63, 3.8) is 0 Å². The third-order valence-corrected chi connectivity index (χ3v) is 4.83. The molecule has 1 aromatic heterocycles. The minimum atomic E-state index is -0.00419. The summed E-state index contributed by atoms with van der Waals surface area (Å²) in [6.07, 6.45) is 0.980. The van der Waals surface area contributed by atoms with Crippen molar-refractivity contribution < 1.29 is 4.79 Å². The van der Waals surface area contributed by atoms with Crippen molar-refractivity contribution in [3.05, 3.63) is 40.4 Å². The van der Waals surface area contributed by atoms with Gasteiger partial charge in [-0.25, -0.2) is 4.98 Å². The zero-order chi connectivity index (χ0) is 14.8. The Hall–Kier alpha value is -0.850. The Kier molecular flexibility index (Phi) is 7.77. The van der Waals surface area contributed by atoms with E-state index in [1.54, 1.807) is 0 Å². The van der Waals surface area contributed by atoms with Crippen LogP contribution in [0.2, 0.25) is 5.02 Å². The first-order valence-corrected chi connectivity index (χ1v) is 8.14. The van der Waals surface area contributed by atoms with E-state index < -0.39 is 0 Å².